The molecule has 18 heavy (non-hydrogen) atoms. The molecule has 0 radical (unpaired) electrons. The Kier molecular flexibility index (Phi) is 5.28. The van der Waals surface area contributed by atoms with Gasteiger partial charge in [-0.25, -0.2) is 12.8 Å². The van der Waals surface area contributed by atoms with Crippen LogP contribution < -0.4 is 5.32 Å². The van der Waals surface area contributed by atoms with E-state index in [-0.39, 0.29) is 22.3 Å². The number of hydrogen-bond acceptors (Lipinski definition) is 3. The fourth-order valence-electron chi connectivity index (χ4n) is 1.28. The van der Waals surface area contributed by atoms with Gasteiger partial charge in [0.2, 0.25) is 0 Å². The predicted octanol–water partition coefficient (Wildman–Crippen LogP) is 1.75. The van der Waals surface area contributed by atoms with Crippen molar-refractivity contribution in [3.8, 4) is 0 Å². The molecule has 0 bridgehead atoms. The van der Waals surface area contributed by atoms with E-state index in [4.69, 9.17) is 0 Å². The number of hydrogen-bond donors (Lipinski definition) is 1. The molecule has 0 aliphatic heterocycles. The monoisotopic (exact) mass is 337 g/mol. The van der Waals surface area contributed by atoms with E-state index in [0.29, 0.717) is 6.42 Å². The Bertz CT molecular complexity index is 545. The highest BCUT2D eigenvalue weighted by Gasteiger charge is 2.08. The predicted molar refractivity (Wildman–Crippen MR) is 70.8 cm³/mol. The van der Waals surface area contributed by atoms with Gasteiger partial charge in [0.25, 0.3) is 5.91 Å². The lowest BCUT2D eigenvalue weighted by Crippen LogP contribution is -2.25. The minimum Gasteiger partial charge on any atom is -0.352 e. The molecule has 0 atom stereocenters. The highest BCUT2D eigenvalue weighted by atomic mass is 79.9. The van der Waals surface area contributed by atoms with E-state index < -0.39 is 21.6 Å². The molecule has 1 amide bonds. The quantitative estimate of drug-likeness (QED) is 0.832. The molecule has 0 spiro atoms. The first-order valence-corrected chi connectivity index (χ1v) is 8.06. The number of carbonyl (C=O) groups excluding carboxylic acids is 1. The topological polar surface area (TPSA) is 63.2 Å². The zero-order valence-electron chi connectivity index (χ0n) is 9.74. The molecule has 0 aromatic heterocycles. The van der Waals surface area contributed by atoms with Crippen LogP contribution in [-0.2, 0) is 9.84 Å². The van der Waals surface area contributed by atoms with Crippen molar-refractivity contribution < 1.29 is 17.6 Å². The zero-order valence-corrected chi connectivity index (χ0v) is 12.1. The van der Waals surface area contributed by atoms with E-state index in [1.807, 2.05) is 0 Å². The summed E-state index contributed by atoms with van der Waals surface area (Å²) >= 11 is 2.99. The molecule has 0 aliphatic rings. The second-order valence-corrected chi connectivity index (χ2v) is 6.98. The van der Waals surface area contributed by atoms with E-state index in [9.17, 15) is 17.6 Å². The van der Waals surface area contributed by atoms with Crippen LogP contribution in [0.5, 0.6) is 0 Å². The molecular weight excluding hydrogens is 325 g/mol. The molecule has 100 valence electrons. The number of carbonyl (C=O) groups is 1. The van der Waals surface area contributed by atoms with Gasteiger partial charge >= 0.3 is 0 Å². The van der Waals surface area contributed by atoms with Gasteiger partial charge < -0.3 is 5.32 Å². The molecule has 1 N–H and O–H groups in total. The highest BCUT2D eigenvalue weighted by Crippen LogP contribution is 2.16. The average Bonchev–Trinajstić information content (AvgIpc) is 2.26. The summed E-state index contributed by atoms with van der Waals surface area (Å²) in [4.78, 5) is 11.6. The number of nitrogens with one attached hydrogen (secondary N) is 1. The maximum atomic E-state index is 13.2. The van der Waals surface area contributed by atoms with Gasteiger partial charge in [0.15, 0.2) is 0 Å². The van der Waals surface area contributed by atoms with Crippen LogP contribution in [0.25, 0.3) is 0 Å². The summed E-state index contributed by atoms with van der Waals surface area (Å²) in [5.74, 6) is -0.921. The van der Waals surface area contributed by atoms with Crippen LogP contribution in [0.3, 0.4) is 0 Å². The molecule has 1 aromatic carbocycles. The van der Waals surface area contributed by atoms with Crippen LogP contribution in [0.1, 0.15) is 16.8 Å². The van der Waals surface area contributed by atoms with Gasteiger partial charge in [0, 0.05) is 18.4 Å². The van der Waals surface area contributed by atoms with E-state index in [2.05, 4.69) is 21.2 Å². The minimum atomic E-state index is -3.02. The van der Waals surface area contributed by atoms with Crippen LogP contribution in [0.2, 0.25) is 0 Å². The second kappa shape index (κ2) is 6.29. The lowest BCUT2D eigenvalue weighted by atomic mass is 10.2. The van der Waals surface area contributed by atoms with Gasteiger partial charge in [0.05, 0.1) is 10.2 Å². The van der Waals surface area contributed by atoms with Gasteiger partial charge in [-0.05, 0) is 40.5 Å². The molecule has 1 rings (SSSR count). The fourth-order valence-corrected chi connectivity index (χ4v) is 2.19. The summed E-state index contributed by atoms with van der Waals surface area (Å²) in [5.41, 5.74) is 0.204. The van der Waals surface area contributed by atoms with Crippen LogP contribution in [0.15, 0.2) is 22.7 Å². The lowest BCUT2D eigenvalue weighted by Gasteiger charge is -2.05. The van der Waals surface area contributed by atoms with Crippen molar-refractivity contribution in [3.63, 3.8) is 0 Å². The second-order valence-electron chi connectivity index (χ2n) is 3.87. The number of halogens is 2. The Morgan fingerprint density at radius 1 is 1.44 bits per heavy atom. The van der Waals surface area contributed by atoms with Crippen LogP contribution in [0.4, 0.5) is 4.39 Å². The van der Waals surface area contributed by atoms with E-state index in [0.717, 1.165) is 12.3 Å². The first-order valence-electron chi connectivity index (χ1n) is 5.20. The fraction of sp³-hybridized carbons (Fsp3) is 0.364. The first-order chi connectivity index (χ1) is 8.29. The summed E-state index contributed by atoms with van der Waals surface area (Å²) in [5, 5.41) is 2.53. The molecule has 0 saturated carbocycles. The highest BCUT2D eigenvalue weighted by molar-refractivity contribution is 9.10. The Labute approximate surface area is 114 Å². The van der Waals surface area contributed by atoms with Crippen molar-refractivity contribution in [1.29, 1.82) is 0 Å². The third-order valence-electron chi connectivity index (χ3n) is 2.16. The van der Waals surface area contributed by atoms with Gasteiger partial charge in [0.1, 0.15) is 15.7 Å². The Morgan fingerprint density at radius 2 is 2.11 bits per heavy atom. The van der Waals surface area contributed by atoms with Crippen LogP contribution in [0, 0.1) is 5.82 Å². The summed E-state index contributed by atoms with van der Waals surface area (Å²) in [6, 6.07) is 4.05. The lowest BCUT2D eigenvalue weighted by molar-refractivity contribution is 0.0953. The van der Waals surface area contributed by atoms with Gasteiger partial charge in [-0.3, -0.25) is 4.79 Å². The van der Waals surface area contributed by atoms with Crippen molar-refractivity contribution in [1.82, 2.24) is 5.32 Å². The van der Waals surface area contributed by atoms with Gasteiger partial charge in [-0.2, -0.15) is 0 Å². The molecule has 0 fully saturated rings. The molecule has 1 aromatic rings. The molecular formula is C11H13BrFNO3S. The van der Waals surface area contributed by atoms with Crippen molar-refractivity contribution in [2.24, 2.45) is 0 Å². The number of sulfone groups is 1. The van der Waals surface area contributed by atoms with E-state index in [1.165, 1.54) is 12.1 Å². The number of benzene rings is 1. The SMILES string of the molecule is CS(=O)(=O)CCCNC(=O)c1ccc(Br)c(F)c1. The van der Waals surface area contributed by atoms with Gasteiger partial charge in [-0.1, -0.05) is 0 Å². The third kappa shape index (κ3) is 5.14. The third-order valence-corrected chi connectivity index (χ3v) is 3.83. The van der Waals surface area contributed by atoms with Gasteiger partial charge in [-0.15, -0.1) is 0 Å². The summed E-state index contributed by atoms with van der Waals surface area (Å²) in [6.07, 6.45) is 1.47. The molecule has 0 saturated heterocycles. The zero-order chi connectivity index (χ0) is 13.8. The Balaban J connectivity index is 2.48. The van der Waals surface area contributed by atoms with Crippen molar-refractivity contribution in [3.05, 3.63) is 34.1 Å². The van der Waals surface area contributed by atoms with E-state index in [1.54, 1.807) is 0 Å². The Hall–Kier alpha value is -0.950. The standard InChI is InChI=1S/C11H13BrFNO3S/c1-18(16,17)6-2-5-14-11(15)8-3-4-9(12)10(13)7-8/h3-4,7H,2,5-6H2,1H3,(H,14,15). The molecule has 7 heteroatoms. The largest absolute Gasteiger partial charge is 0.352 e. The normalized spacial score (nSPS) is 11.3. The van der Waals surface area contributed by atoms with Crippen molar-refractivity contribution in [2.75, 3.05) is 18.6 Å². The Morgan fingerprint density at radius 3 is 2.67 bits per heavy atom. The summed E-state index contributed by atoms with van der Waals surface area (Å²) in [6.45, 7) is 0.240. The maximum absolute atomic E-state index is 13.2. The van der Waals surface area contributed by atoms with Crippen molar-refractivity contribution >= 4 is 31.7 Å². The molecule has 0 unspecified atom stereocenters. The number of amides is 1. The van der Waals surface area contributed by atoms with E-state index >= 15 is 0 Å². The summed E-state index contributed by atoms with van der Waals surface area (Å²) < 4.78 is 35.2. The number of rotatable bonds is 5. The molecule has 0 aliphatic carbocycles. The van der Waals surface area contributed by atoms with Crippen LogP contribution >= 0.6 is 15.9 Å². The summed E-state index contributed by atoms with van der Waals surface area (Å²) in [7, 11) is -3.02. The molecule has 0 heterocycles. The average molecular weight is 338 g/mol. The first kappa shape index (κ1) is 15.1. The van der Waals surface area contributed by atoms with Crippen LogP contribution in [-0.4, -0.2) is 32.9 Å². The molecule has 4 nitrogen and oxygen atoms in total. The minimum absolute atomic E-state index is 0.0159. The smallest absolute Gasteiger partial charge is 0.251 e. The maximum Gasteiger partial charge on any atom is 0.251 e. The van der Waals surface area contributed by atoms with Crippen molar-refractivity contribution in [2.45, 2.75) is 6.42 Å².